The van der Waals surface area contributed by atoms with Crippen LogP contribution in [0.1, 0.15) is 23.5 Å². The van der Waals surface area contributed by atoms with Crippen molar-refractivity contribution in [3.05, 3.63) is 45.6 Å². The molecule has 5 nitrogen and oxygen atoms in total. The minimum Gasteiger partial charge on any atom is -0.336 e. The summed E-state index contributed by atoms with van der Waals surface area (Å²) in [5, 5.41) is 8.21. The van der Waals surface area contributed by atoms with Crippen LogP contribution < -0.4 is 16.0 Å². The van der Waals surface area contributed by atoms with Gasteiger partial charge in [-0.15, -0.1) is 11.3 Å². The van der Waals surface area contributed by atoms with Gasteiger partial charge in [0.25, 0.3) is 5.91 Å². The van der Waals surface area contributed by atoms with Gasteiger partial charge in [0.2, 0.25) is 0 Å². The van der Waals surface area contributed by atoms with Gasteiger partial charge in [0, 0.05) is 17.4 Å². The maximum absolute atomic E-state index is 12.0. The number of carbonyl (C=O) groups excluding carboxylic acids is 2. The van der Waals surface area contributed by atoms with E-state index < -0.39 is 0 Å². The number of benzene rings is 1. The number of anilines is 2. The molecule has 0 atom stereocenters. The van der Waals surface area contributed by atoms with Gasteiger partial charge in [-0.05, 0) is 50.2 Å². The van der Waals surface area contributed by atoms with Crippen LogP contribution in [0, 0.1) is 0 Å². The molecule has 0 saturated heterocycles. The Morgan fingerprint density at radius 1 is 1.00 bits per heavy atom. The summed E-state index contributed by atoms with van der Waals surface area (Å²) in [7, 11) is 0. The Bertz CT molecular complexity index is 668. The monoisotopic (exact) mass is 337 g/mol. The predicted molar refractivity (Wildman–Crippen MR) is 91.0 cm³/mol. The van der Waals surface area contributed by atoms with E-state index in [1.807, 2.05) is 13.8 Å². The van der Waals surface area contributed by atoms with Crippen LogP contribution in [0.25, 0.3) is 0 Å². The van der Waals surface area contributed by atoms with Crippen LogP contribution in [0.3, 0.4) is 0 Å². The number of amides is 3. The zero-order chi connectivity index (χ0) is 16.1. The zero-order valence-electron chi connectivity index (χ0n) is 12.1. The standard InChI is InChI=1S/C15H16ClN3O2S/c1-9(2)17-15(21)19-11-5-3-10(4-6-11)18-14(20)12-7-8-13(16)22-12/h3-9H,1-2H3,(H,18,20)(H2,17,19,21). The number of rotatable bonds is 4. The number of thiophene rings is 1. The first-order valence-electron chi connectivity index (χ1n) is 6.68. The molecule has 1 aromatic carbocycles. The first-order chi connectivity index (χ1) is 10.4. The minimum absolute atomic E-state index is 0.0659. The molecule has 0 bridgehead atoms. The molecule has 1 heterocycles. The van der Waals surface area contributed by atoms with Crippen molar-refractivity contribution in [2.75, 3.05) is 10.6 Å². The number of hydrogen-bond acceptors (Lipinski definition) is 3. The average Bonchev–Trinajstić information content (AvgIpc) is 2.87. The molecule has 0 aliphatic heterocycles. The second kappa shape index (κ2) is 7.29. The molecule has 0 spiro atoms. The van der Waals surface area contributed by atoms with Gasteiger partial charge < -0.3 is 16.0 Å². The van der Waals surface area contributed by atoms with E-state index in [0.717, 1.165) is 0 Å². The van der Waals surface area contributed by atoms with Crippen molar-refractivity contribution in [1.29, 1.82) is 0 Å². The molecular formula is C15H16ClN3O2S. The molecular weight excluding hydrogens is 322 g/mol. The van der Waals surface area contributed by atoms with Gasteiger partial charge in [-0.1, -0.05) is 11.6 Å². The molecule has 0 saturated carbocycles. The van der Waals surface area contributed by atoms with Crippen LogP contribution in [0.4, 0.5) is 16.2 Å². The minimum atomic E-state index is -0.264. The van der Waals surface area contributed by atoms with E-state index >= 15 is 0 Å². The average molecular weight is 338 g/mol. The molecule has 0 radical (unpaired) electrons. The number of halogens is 1. The molecule has 3 amide bonds. The molecule has 0 aliphatic rings. The summed E-state index contributed by atoms with van der Waals surface area (Å²) < 4.78 is 0.570. The van der Waals surface area contributed by atoms with Crippen molar-refractivity contribution < 1.29 is 9.59 Å². The first kappa shape index (κ1) is 16.3. The van der Waals surface area contributed by atoms with Crippen molar-refractivity contribution in [3.8, 4) is 0 Å². The molecule has 1 aromatic heterocycles. The largest absolute Gasteiger partial charge is 0.336 e. The lowest BCUT2D eigenvalue weighted by atomic mass is 10.2. The number of nitrogens with one attached hydrogen (secondary N) is 3. The fraction of sp³-hybridized carbons (Fsp3) is 0.200. The second-order valence-corrected chi connectivity index (χ2v) is 6.60. The lowest BCUT2D eigenvalue weighted by molar-refractivity contribution is 0.103. The summed E-state index contributed by atoms with van der Waals surface area (Å²) in [6.45, 7) is 3.77. The highest BCUT2D eigenvalue weighted by Gasteiger charge is 2.09. The number of hydrogen-bond donors (Lipinski definition) is 3. The van der Waals surface area contributed by atoms with Crippen molar-refractivity contribution in [2.45, 2.75) is 19.9 Å². The van der Waals surface area contributed by atoms with E-state index in [4.69, 9.17) is 11.6 Å². The van der Waals surface area contributed by atoms with Crippen molar-refractivity contribution in [2.24, 2.45) is 0 Å². The maximum atomic E-state index is 12.0. The zero-order valence-corrected chi connectivity index (χ0v) is 13.7. The summed E-state index contributed by atoms with van der Waals surface area (Å²) in [5.74, 6) is -0.213. The van der Waals surface area contributed by atoms with Crippen LogP contribution in [0.15, 0.2) is 36.4 Å². The Hall–Kier alpha value is -2.05. The third-order valence-corrected chi connectivity index (χ3v) is 3.85. The summed E-state index contributed by atoms with van der Waals surface area (Å²) in [6.07, 6.45) is 0. The summed E-state index contributed by atoms with van der Waals surface area (Å²) in [4.78, 5) is 24.1. The third kappa shape index (κ3) is 4.75. The Morgan fingerprint density at radius 2 is 1.59 bits per heavy atom. The molecule has 7 heteroatoms. The molecule has 0 aliphatic carbocycles. The highest BCUT2D eigenvalue weighted by Crippen LogP contribution is 2.22. The van der Waals surface area contributed by atoms with Crippen LogP contribution in [-0.2, 0) is 0 Å². The van der Waals surface area contributed by atoms with Gasteiger partial charge in [0.15, 0.2) is 0 Å². The van der Waals surface area contributed by atoms with E-state index in [2.05, 4.69) is 16.0 Å². The molecule has 3 N–H and O–H groups in total. The normalized spacial score (nSPS) is 10.4. The molecule has 116 valence electrons. The van der Waals surface area contributed by atoms with Crippen molar-refractivity contribution in [1.82, 2.24) is 5.32 Å². The van der Waals surface area contributed by atoms with E-state index in [0.29, 0.717) is 20.6 Å². The third-order valence-electron chi connectivity index (χ3n) is 2.62. The van der Waals surface area contributed by atoms with Crippen LogP contribution in [0.5, 0.6) is 0 Å². The molecule has 0 fully saturated rings. The lowest BCUT2D eigenvalue weighted by Gasteiger charge is -2.10. The molecule has 2 rings (SSSR count). The van der Waals surface area contributed by atoms with Crippen LogP contribution >= 0.6 is 22.9 Å². The quantitative estimate of drug-likeness (QED) is 0.783. The summed E-state index contributed by atoms with van der Waals surface area (Å²) in [6, 6.07) is 10.0. The van der Waals surface area contributed by atoms with E-state index in [1.165, 1.54) is 11.3 Å². The Balaban J connectivity index is 1.94. The van der Waals surface area contributed by atoms with E-state index in [-0.39, 0.29) is 18.0 Å². The molecule has 2 aromatic rings. The van der Waals surface area contributed by atoms with Crippen molar-refractivity contribution >= 4 is 46.3 Å². The molecule has 0 unspecified atom stereocenters. The van der Waals surface area contributed by atoms with Gasteiger partial charge in [-0.25, -0.2) is 4.79 Å². The number of carbonyl (C=O) groups is 2. The highest BCUT2D eigenvalue weighted by molar-refractivity contribution is 7.18. The first-order valence-corrected chi connectivity index (χ1v) is 7.88. The Morgan fingerprint density at radius 3 is 2.09 bits per heavy atom. The predicted octanol–water partition coefficient (Wildman–Crippen LogP) is 4.18. The van der Waals surface area contributed by atoms with E-state index in [1.54, 1.807) is 36.4 Å². The topological polar surface area (TPSA) is 70.2 Å². The van der Waals surface area contributed by atoms with Gasteiger partial charge in [0.1, 0.15) is 0 Å². The highest BCUT2D eigenvalue weighted by atomic mass is 35.5. The van der Waals surface area contributed by atoms with Gasteiger partial charge >= 0.3 is 6.03 Å². The summed E-state index contributed by atoms with van der Waals surface area (Å²) in [5.41, 5.74) is 1.29. The second-order valence-electron chi connectivity index (χ2n) is 4.89. The fourth-order valence-corrected chi connectivity index (χ4v) is 2.63. The smallest absolute Gasteiger partial charge is 0.319 e. The van der Waals surface area contributed by atoms with Gasteiger partial charge in [-0.3, -0.25) is 4.79 Å². The van der Waals surface area contributed by atoms with Crippen LogP contribution in [-0.4, -0.2) is 18.0 Å². The Kier molecular flexibility index (Phi) is 5.41. The van der Waals surface area contributed by atoms with E-state index in [9.17, 15) is 9.59 Å². The lowest BCUT2D eigenvalue weighted by Crippen LogP contribution is -2.34. The van der Waals surface area contributed by atoms with Crippen LogP contribution in [0.2, 0.25) is 4.34 Å². The summed E-state index contributed by atoms with van der Waals surface area (Å²) >= 11 is 7.03. The Labute approximate surface area is 137 Å². The SMILES string of the molecule is CC(C)NC(=O)Nc1ccc(NC(=O)c2ccc(Cl)s2)cc1. The number of urea groups is 1. The maximum Gasteiger partial charge on any atom is 0.319 e. The molecule has 22 heavy (non-hydrogen) atoms. The van der Waals surface area contributed by atoms with Gasteiger partial charge in [-0.2, -0.15) is 0 Å². The van der Waals surface area contributed by atoms with Gasteiger partial charge in [0.05, 0.1) is 9.21 Å². The fourth-order valence-electron chi connectivity index (χ4n) is 1.70. The van der Waals surface area contributed by atoms with Crippen molar-refractivity contribution in [3.63, 3.8) is 0 Å².